The minimum atomic E-state index is -1.24. The molecule has 2 aromatic rings. The minimum Gasteiger partial charge on any atom is -0.342 e. The highest BCUT2D eigenvalue weighted by molar-refractivity contribution is 9.09. The highest BCUT2D eigenvalue weighted by Crippen LogP contribution is 2.54. The van der Waals surface area contributed by atoms with Crippen LogP contribution in [0.5, 0.6) is 0 Å². The summed E-state index contributed by atoms with van der Waals surface area (Å²) >= 11 is 9.96. The summed E-state index contributed by atoms with van der Waals surface area (Å²) in [7, 11) is 1.63. The summed E-state index contributed by atoms with van der Waals surface area (Å²) < 4.78 is 13.8. The Hall–Kier alpha value is -2.28. The van der Waals surface area contributed by atoms with Crippen molar-refractivity contribution in [3.05, 3.63) is 95.1 Å². The normalized spacial score (nSPS) is 32.1. The maximum Gasteiger partial charge on any atom is 0.340 e. The Morgan fingerprint density at radius 2 is 1.82 bits per heavy atom. The molecule has 3 aliphatic heterocycles. The lowest BCUT2D eigenvalue weighted by Crippen LogP contribution is -2.72. The molecule has 2 amide bonds. The number of ether oxygens (including phenoxy) is 2. The SMILES string of the molecule is CCC(C)N1C(=O)N(C2(N3CCNCC3)C=CC=CC2)C(c2ccccc2)(C2COC(CBr)(c3ccc(Cl)cc3)O2)N1OC. The fraction of sp³-hybridized carbons (Fsp3) is 0.485. The van der Waals surface area contributed by atoms with Crippen LogP contribution in [-0.4, -0.2) is 89.0 Å². The lowest BCUT2D eigenvalue weighted by Gasteiger charge is -2.56. The largest absolute Gasteiger partial charge is 0.342 e. The van der Waals surface area contributed by atoms with Crippen LogP contribution in [0.1, 0.15) is 37.8 Å². The molecule has 9 nitrogen and oxygen atoms in total. The van der Waals surface area contributed by atoms with E-state index in [0.29, 0.717) is 16.8 Å². The first-order chi connectivity index (χ1) is 21.4. The van der Waals surface area contributed by atoms with Gasteiger partial charge in [-0.2, -0.15) is 0 Å². The molecule has 1 aliphatic carbocycles. The Bertz CT molecular complexity index is 1380. The van der Waals surface area contributed by atoms with Gasteiger partial charge in [0, 0.05) is 49.2 Å². The molecular formula is C33H41BrClN5O4. The van der Waals surface area contributed by atoms with E-state index in [1.54, 1.807) is 17.3 Å². The molecule has 3 fully saturated rings. The fourth-order valence-electron chi connectivity index (χ4n) is 7.08. The van der Waals surface area contributed by atoms with Gasteiger partial charge < -0.3 is 14.8 Å². The number of urea groups is 1. The number of alkyl halides is 1. The number of carbonyl (C=O) groups is 1. The standard InChI is InChI=1S/C33H41BrClN5O4/c1-4-25(2)38-30(41)39(31(17-9-6-10-18-31)37-21-19-36-20-22-37)33(40(38)42-3,27-11-7-5-8-12-27)29-23-43-32(24-34,44-29)26-13-15-28(35)16-14-26/h5-17,25,29,36H,4,18-24H2,1-3H3. The zero-order chi connectivity index (χ0) is 31.0. The van der Waals surface area contributed by atoms with Crippen molar-refractivity contribution in [3.63, 3.8) is 0 Å². The molecule has 6 rings (SSSR count). The molecule has 1 N–H and O–H groups in total. The lowest BCUT2D eigenvalue weighted by molar-refractivity contribution is -0.342. The Kier molecular flexibility index (Phi) is 9.25. The summed E-state index contributed by atoms with van der Waals surface area (Å²) in [6.45, 7) is 7.56. The van der Waals surface area contributed by atoms with Crippen molar-refractivity contribution < 1.29 is 19.1 Å². The summed E-state index contributed by atoms with van der Waals surface area (Å²) in [4.78, 5) is 26.0. The first-order valence-corrected chi connectivity index (χ1v) is 16.8. The number of benzene rings is 2. The molecule has 4 aliphatic rings. The van der Waals surface area contributed by atoms with E-state index in [1.807, 2.05) is 47.4 Å². The van der Waals surface area contributed by atoms with Crippen LogP contribution in [0.4, 0.5) is 4.79 Å². The van der Waals surface area contributed by atoms with Crippen LogP contribution in [0, 0.1) is 0 Å². The predicted octanol–water partition coefficient (Wildman–Crippen LogP) is 5.59. The van der Waals surface area contributed by atoms with Crippen LogP contribution < -0.4 is 5.32 Å². The molecule has 0 aromatic heterocycles. The lowest BCUT2D eigenvalue weighted by atomic mass is 9.86. The zero-order valence-corrected chi connectivity index (χ0v) is 27.8. The van der Waals surface area contributed by atoms with Crippen LogP contribution in [-0.2, 0) is 25.8 Å². The van der Waals surface area contributed by atoms with Gasteiger partial charge in [0.25, 0.3) is 0 Å². The molecule has 5 unspecified atom stereocenters. The van der Waals surface area contributed by atoms with Gasteiger partial charge in [0.15, 0.2) is 5.66 Å². The van der Waals surface area contributed by atoms with Crippen molar-refractivity contribution in [3.8, 4) is 0 Å². The third-order valence-electron chi connectivity index (χ3n) is 9.39. The molecule has 0 radical (unpaired) electrons. The van der Waals surface area contributed by atoms with Crippen molar-refractivity contribution in [2.24, 2.45) is 0 Å². The molecule has 2 aromatic carbocycles. The van der Waals surface area contributed by atoms with Gasteiger partial charge in [-0.3, -0.25) is 14.6 Å². The maximum atomic E-state index is 15.2. The number of hydrogen-bond acceptors (Lipinski definition) is 7. The summed E-state index contributed by atoms with van der Waals surface area (Å²) in [5.74, 6) is -1.11. The van der Waals surface area contributed by atoms with Crippen LogP contribution in [0.3, 0.4) is 0 Å². The summed E-state index contributed by atoms with van der Waals surface area (Å²) in [5.41, 5.74) is -0.340. The predicted molar refractivity (Wildman–Crippen MR) is 174 cm³/mol. The van der Waals surface area contributed by atoms with E-state index in [4.69, 9.17) is 25.9 Å². The molecule has 11 heteroatoms. The molecule has 0 spiro atoms. The molecule has 0 bridgehead atoms. The average molecular weight is 687 g/mol. The second-order valence-electron chi connectivity index (χ2n) is 11.7. The van der Waals surface area contributed by atoms with E-state index in [0.717, 1.165) is 43.7 Å². The number of nitrogens with one attached hydrogen (secondary N) is 1. The third-order valence-corrected chi connectivity index (χ3v) is 10.4. The highest BCUT2D eigenvalue weighted by Gasteiger charge is 2.71. The second kappa shape index (κ2) is 12.8. The summed E-state index contributed by atoms with van der Waals surface area (Å²) in [5, 5.41) is 8.02. The minimum absolute atomic E-state index is 0.144. The maximum absolute atomic E-state index is 15.2. The van der Waals surface area contributed by atoms with Crippen LogP contribution in [0.2, 0.25) is 5.02 Å². The molecule has 0 saturated carbocycles. The first-order valence-electron chi connectivity index (χ1n) is 15.3. The third kappa shape index (κ3) is 4.95. The number of hydrogen-bond donors (Lipinski definition) is 1. The fourth-order valence-corrected chi connectivity index (χ4v) is 7.82. The molecule has 3 saturated heterocycles. The second-order valence-corrected chi connectivity index (χ2v) is 12.7. The van der Waals surface area contributed by atoms with Crippen molar-refractivity contribution >= 4 is 33.6 Å². The van der Waals surface area contributed by atoms with Gasteiger partial charge in [-0.1, -0.05) is 100 Å². The van der Waals surface area contributed by atoms with E-state index in [2.05, 4.69) is 76.4 Å². The smallest absolute Gasteiger partial charge is 0.340 e. The van der Waals surface area contributed by atoms with E-state index in [-0.39, 0.29) is 18.7 Å². The number of amides is 2. The van der Waals surface area contributed by atoms with Gasteiger partial charge in [-0.15, -0.1) is 0 Å². The summed E-state index contributed by atoms with van der Waals surface area (Å²) in [6, 6.07) is 17.3. The number of carbonyl (C=O) groups excluding carboxylic acids is 1. The Morgan fingerprint density at radius 3 is 2.43 bits per heavy atom. The molecule has 3 heterocycles. The number of hydroxylamine groups is 1. The number of piperazine rings is 1. The summed E-state index contributed by atoms with van der Waals surface area (Å²) in [6.07, 6.45) is 9.13. The molecule has 5 atom stereocenters. The Labute approximate surface area is 273 Å². The first kappa shape index (κ1) is 31.7. The average Bonchev–Trinajstić information content (AvgIpc) is 3.64. The monoisotopic (exact) mass is 685 g/mol. The topological polar surface area (TPSA) is 69.8 Å². The van der Waals surface area contributed by atoms with Gasteiger partial charge in [0.1, 0.15) is 11.8 Å². The van der Waals surface area contributed by atoms with Gasteiger partial charge >= 0.3 is 6.03 Å². The van der Waals surface area contributed by atoms with Gasteiger partial charge in [-0.25, -0.2) is 9.80 Å². The Balaban J connectivity index is 1.60. The van der Waals surface area contributed by atoms with Crippen molar-refractivity contribution in [2.45, 2.75) is 55.9 Å². The van der Waals surface area contributed by atoms with Crippen LogP contribution in [0.15, 0.2) is 78.9 Å². The van der Waals surface area contributed by atoms with E-state index in [1.165, 1.54) is 0 Å². The quantitative estimate of drug-likeness (QED) is 0.345. The van der Waals surface area contributed by atoms with Gasteiger partial charge in [0.2, 0.25) is 5.79 Å². The van der Waals surface area contributed by atoms with Crippen molar-refractivity contribution in [2.75, 3.05) is 45.2 Å². The number of hydrazine groups is 1. The molecular weight excluding hydrogens is 646 g/mol. The van der Waals surface area contributed by atoms with Gasteiger partial charge in [0.05, 0.1) is 19.0 Å². The van der Waals surface area contributed by atoms with Crippen LogP contribution in [0.25, 0.3) is 0 Å². The van der Waals surface area contributed by atoms with Crippen molar-refractivity contribution in [1.82, 2.24) is 25.3 Å². The van der Waals surface area contributed by atoms with E-state index >= 15 is 4.79 Å². The highest BCUT2D eigenvalue weighted by atomic mass is 79.9. The molecule has 44 heavy (non-hydrogen) atoms. The van der Waals surface area contributed by atoms with Gasteiger partial charge in [-0.05, 0) is 37.1 Å². The number of rotatable bonds is 9. The van der Waals surface area contributed by atoms with Crippen molar-refractivity contribution in [1.29, 1.82) is 0 Å². The van der Waals surface area contributed by atoms with Crippen LogP contribution >= 0.6 is 27.5 Å². The number of halogens is 2. The zero-order valence-electron chi connectivity index (χ0n) is 25.5. The molecule has 236 valence electrons. The Morgan fingerprint density at radius 1 is 1.09 bits per heavy atom. The number of allylic oxidation sites excluding steroid dienone is 2. The van der Waals surface area contributed by atoms with E-state index < -0.39 is 23.2 Å². The number of nitrogens with zero attached hydrogens (tertiary/aromatic N) is 4. The van der Waals surface area contributed by atoms with E-state index in [9.17, 15) is 0 Å².